The minimum absolute atomic E-state index is 0.172. The summed E-state index contributed by atoms with van der Waals surface area (Å²) in [5.41, 5.74) is 5.21. The molecule has 0 spiro atoms. The fourth-order valence-corrected chi connectivity index (χ4v) is 3.05. The number of nitrogens with two attached hydrogens (primary N) is 1. The van der Waals surface area contributed by atoms with Gasteiger partial charge < -0.3 is 16.0 Å². The number of nitrogens with zero attached hydrogens (tertiary/aromatic N) is 1. The highest BCUT2D eigenvalue weighted by Crippen LogP contribution is 2.31. The van der Waals surface area contributed by atoms with Gasteiger partial charge in [0.15, 0.2) is 0 Å². The molecule has 0 heterocycles. The molecule has 0 aromatic carbocycles. The Morgan fingerprint density at radius 1 is 1.42 bits per heavy atom. The van der Waals surface area contributed by atoms with Crippen LogP contribution in [-0.4, -0.2) is 42.5 Å². The Morgan fingerprint density at radius 3 is 2.74 bits per heavy atom. The van der Waals surface area contributed by atoms with Crippen molar-refractivity contribution in [2.45, 2.75) is 70.4 Å². The summed E-state index contributed by atoms with van der Waals surface area (Å²) in [6.07, 6.45) is 7.49. The summed E-state index contributed by atoms with van der Waals surface area (Å²) in [5, 5.41) is 3.42. The molecule has 0 aromatic heterocycles. The van der Waals surface area contributed by atoms with E-state index in [2.05, 4.69) is 31.1 Å². The fraction of sp³-hybridized carbons (Fsp3) is 0.933. The SMILES string of the molecule is CCCCN(C)C1CCCC(NCCC)(C(N)=O)C1. The predicted molar refractivity (Wildman–Crippen MR) is 80.0 cm³/mol. The summed E-state index contributed by atoms with van der Waals surface area (Å²) in [6.45, 7) is 6.32. The molecule has 1 fully saturated rings. The summed E-state index contributed by atoms with van der Waals surface area (Å²) in [7, 11) is 2.18. The van der Waals surface area contributed by atoms with Crippen molar-refractivity contribution in [2.24, 2.45) is 5.73 Å². The van der Waals surface area contributed by atoms with Gasteiger partial charge in [0.2, 0.25) is 5.91 Å². The van der Waals surface area contributed by atoms with Crippen LogP contribution in [0.3, 0.4) is 0 Å². The normalized spacial score (nSPS) is 27.7. The van der Waals surface area contributed by atoms with Gasteiger partial charge >= 0.3 is 0 Å². The monoisotopic (exact) mass is 269 g/mol. The summed E-state index contributed by atoms with van der Waals surface area (Å²) >= 11 is 0. The Morgan fingerprint density at radius 2 is 2.16 bits per heavy atom. The van der Waals surface area contributed by atoms with Crippen LogP contribution in [0, 0.1) is 0 Å². The second kappa shape index (κ2) is 7.85. The van der Waals surface area contributed by atoms with E-state index in [1.165, 1.54) is 19.3 Å². The fourth-order valence-electron chi connectivity index (χ4n) is 3.05. The molecule has 0 bridgehead atoms. The van der Waals surface area contributed by atoms with Crippen molar-refractivity contribution < 1.29 is 4.79 Å². The molecular formula is C15H31N3O. The standard InChI is InChI=1S/C15H31N3O/c1-4-6-11-18(3)13-8-7-9-15(12-13,14(16)19)17-10-5-2/h13,17H,4-12H2,1-3H3,(H2,16,19). The first-order chi connectivity index (χ1) is 9.05. The second-order valence-corrected chi connectivity index (χ2v) is 5.96. The third-order valence-electron chi connectivity index (χ3n) is 4.40. The minimum Gasteiger partial charge on any atom is -0.368 e. The molecule has 0 saturated heterocycles. The van der Waals surface area contributed by atoms with Crippen LogP contribution in [0.15, 0.2) is 0 Å². The van der Waals surface area contributed by atoms with Gasteiger partial charge in [-0.2, -0.15) is 0 Å². The maximum atomic E-state index is 11.9. The molecule has 3 N–H and O–H groups in total. The molecule has 0 aliphatic heterocycles. The van der Waals surface area contributed by atoms with E-state index in [4.69, 9.17) is 5.73 Å². The smallest absolute Gasteiger partial charge is 0.237 e. The molecule has 1 aliphatic carbocycles. The number of primary amides is 1. The van der Waals surface area contributed by atoms with E-state index in [0.29, 0.717) is 6.04 Å². The van der Waals surface area contributed by atoms with Crippen LogP contribution < -0.4 is 11.1 Å². The van der Waals surface area contributed by atoms with Crippen molar-refractivity contribution in [1.29, 1.82) is 0 Å². The highest BCUT2D eigenvalue weighted by atomic mass is 16.1. The van der Waals surface area contributed by atoms with E-state index in [1.54, 1.807) is 0 Å². The van der Waals surface area contributed by atoms with Gasteiger partial charge in [-0.05, 0) is 58.7 Å². The van der Waals surface area contributed by atoms with Crippen molar-refractivity contribution in [3.05, 3.63) is 0 Å². The number of nitrogens with one attached hydrogen (secondary N) is 1. The Kier molecular flexibility index (Phi) is 6.80. The molecule has 0 aromatic rings. The summed E-state index contributed by atoms with van der Waals surface area (Å²) < 4.78 is 0. The van der Waals surface area contributed by atoms with Gasteiger partial charge in [0.1, 0.15) is 0 Å². The van der Waals surface area contributed by atoms with E-state index in [-0.39, 0.29) is 5.91 Å². The number of carbonyl (C=O) groups is 1. The van der Waals surface area contributed by atoms with Crippen molar-refractivity contribution >= 4 is 5.91 Å². The van der Waals surface area contributed by atoms with Crippen LogP contribution >= 0.6 is 0 Å². The lowest BCUT2D eigenvalue weighted by atomic mass is 9.77. The zero-order valence-corrected chi connectivity index (χ0v) is 12.9. The number of carbonyl (C=O) groups excluding carboxylic acids is 1. The largest absolute Gasteiger partial charge is 0.368 e. The van der Waals surface area contributed by atoms with Crippen LogP contribution in [-0.2, 0) is 4.79 Å². The highest BCUT2D eigenvalue weighted by molar-refractivity contribution is 5.84. The Hall–Kier alpha value is -0.610. The van der Waals surface area contributed by atoms with E-state index < -0.39 is 5.54 Å². The van der Waals surface area contributed by atoms with Gasteiger partial charge in [-0.3, -0.25) is 4.79 Å². The zero-order valence-electron chi connectivity index (χ0n) is 12.9. The van der Waals surface area contributed by atoms with E-state index >= 15 is 0 Å². The molecule has 1 saturated carbocycles. The van der Waals surface area contributed by atoms with Gasteiger partial charge in [0, 0.05) is 6.04 Å². The van der Waals surface area contributed by atoms with Crippen LogP contribution in [0.1, 0.15) is 58.8 Å². The van der Waals surface area contributed by atoms with Crippen molar-refractivity contribution in [3.63, 3.8) is 0 Å². The zero-order chi connectivity index (χ0) is 14.3. The van der Waals surface area contributed by atoms with E-state index in [9.17, 15) is 4.79 Å². The number of rotatable bonds is 8. The molecule has 1 rings (SSSR count). The van der Waals surface area contributed by atoms with Gasteiger partial charge in [-0.25, -0.2) is 0 Å². The van der Waals surface area contributed by atoms with Gasteiger partial charge in [0.05, 0.1) is 5.54 Å². The quantitative estimate of drug-likeness (QED) is 0.707. The molecule has 19 heavy (non-hydrogen) atoms. The second-order valence-electron chi connectivity index (χ2n) is 5.96. The molecule has 1 aliphatic rings. The van der Waals surface area contributed by atoms with Gasteiger partial charge in [0.25, 0.3) is 0 Å². The first-order valence-electron chi connectivity index (χ1n) is 7.81. The number of hydrogen-bond acceptors (Lipinski definition) is 3. The number of unbranched alkanes of at least 4 members (excludes halogenated alkanes) is 1. The number of amides is 1. The van der Waals surface area contributed by atoms with Crippen molar-refractivity contribution in [1.82, 2.24) is 10.2 Å². The molecule has 2 atom stereocenters. The first kappa shape index (κ1) is 16.4. The lowest BCUT2D eigenvalue weighted by molar-refractivity contribution is -0.126. The van der Waals surface area contributed by atoms with E-state index in [0.717, 1.165) is 38.8 Å². The average Bonchev–Trinajstić information content (AvgIpc) is 2.42. The maximum Gasteiger partial charge on any atom is 0.237 e. The lowest BCUT2D eigenvalue weighted by Crippen LogP contribution is -2.60. The summed E-state index contributed by atoms with van der Waals surface area (Å²) in [6, 6.07) is 0.483. The van der Waals surface area contributed by atoms with Gasteiger partial charge in [-0.1, -0.05) is 20.3 Å². The van der Waals surface area contributed by atoms with Crippen LogP contribution in [0.2, 0.25) is 0 Å². The van der Waals surface area contributed by atoms with E-state index in [1.807, 2.05) is 0 Å². The Bertz CT molecular complexity index is 283. The Labute approximate surface area is 118 Å². The third-order valence-corrected chi connectivity index (χ3v) is 4.40. The maximum absolute atomic E-state index is 11.9. The molecular weight excluding hydrogens is 238 g/mol. The third kappa shape index (κ3) is 4.46. The highest BCUT2D eigenvalue weighted by Gasteiger charge is 2.41. The van der Waals surface area contributed by atoms with Crippen LogP contribution in [0.5, 0.6) is 0 Å². The summed E-state index contributed by atoms with van der Waals surface area (Å²) in [4.78, 5) is 14.3. The summed E-state index contributed by atoms with van der Waals surface area (Å²) in [5.74, 6) is -0.172. The molecule has 1 amide bonds. The molecule has 4 heteroatoms. The molecule has 2 unspecified atom stereocenters. The van der Waals surface area contributed by atoms with Crippen molar-refractivity contribution in [3.8, 4) is 0 Å². The minimum atomic E-state index is -0.473. The molecule has 4 nitrogen and oxygen atoms in total. The predicted octanol–water partition coefficient (Wildman–Crippen LogP) is 1.88. The topological polar surface area (TPSA) is 58.4 Å². The lowest BCUT2D eigenvalue weighted by Gasteiger charge is -2.42. The van der Waals surface area contributed by atoms with Gasteiger partial charge in [-0.15, -0.1) is 0 Å². The number of hydrogen-bond donors (Lipinski definition) is 2. The molecule has 112 valence electrons. The Balaban J connectivity index is 2.65. The average molecular weight is 269 g/mol. The van der Waals surface area contributed by atoms with Crippen molar-refractivity contribution in [2.75, 3.05) is 20.1 Å². The van der Waals surface area contributed by atoms with Crippen LogP contribution in [0.25, 0.3) is 0 Å². The first-order valence-corrected chi connectivity index (χ1v) is 7.81. The van der Waals surface area contributed by atoms with Crippen LogP contribution in [0.4, 0.5) is 0 Å². The molecule has 0 radical (unpaired) electrons.